The summed E-state index contributed by atoms with van der Waals surface area (Å²) in [6, 6.07) is 6.28. The summed E-state index contributed by atoms with van der Waals surface area (Å²) in [5.74, 6) is -0.0953. The maximum absolute atomic E-state index is 14.1. The topological polar surface area (TPSA) is 96.2 Å². The summed E-state index contributed by atoms with van der Waals surface area (Å²) in [5.41, 5.74) is 0.481. The van der Waals surface area contributed by atoms with Gasteiger partial charge in [0.25, 0.3) is 5.69 Å². The lowest BCUT2D eigenvalue weighted by Crippen LogP contribution is -2.54. The lowest BCUT2D eigenvalue weighted by atomic mass is 10.1. The molecule has 132 valence electrons. The summed E-state index contributed by atoms with van der Waals surface area (Å²) in [6.07, 6.45) is 1.13. The first-order valence-corrected chi connectivity index (χ1v) is 7.97. The number of non-ortho nitro benzene ring substituents is 1. The highest BCUT2D eigenvalue weighted by Gasteiger charge is 2.23. The molecule has 1 aromatic carbocycles. The minimum absolute atomic E-state index is 0.0295. The number of aromatic nitrogens is 2. The zero-order chi connectivity index (χ0) is 18.0. The van der Waals surface area contributed by atoms with Crippen LogP contribution in [0.2, 0.25) is 0 Å². The van der Waals surface area contributed by atoms with Crippen LogP contribution in [-0.2, 0) is 0 Å². The summed E-state index contributed by atoms with van der Waals surface area (Å²) in [7, 11) is 0. The molecular formula is C16H19FN6O2. The van der Waals surface area contributed by atoms with E-state index in [1.54, 1.807) is 0 Å². The molecular weight excluding hydrogens is 327 g/mol. The van der Waals surface area contributed by atoms with Crippen molar-refractivity contribution in [2.45, 2.75) is 25.9 Å². The van der Waals surface area contributed by atoms with Crippen molar-refractivity contribution in [3.63, 3.8) is 0 Å². The van der Waals surface area contributed by atoms with E-state index >= 15 is 0 Å². The highest BCUT2D eigenvalue weighted by atomic mass is 19.1. The van der Waals surface area contributed by atoms with E-state index in [1.165, 1.54) is 24.3 Å². The van der Waals surface area contributed by atoms with Crippen molar-refractivity contribution in [2.75, 3.05) is 23.3 Å². The molecule has 2 aromatic rings. The van der Waals surface area contributed by atoms with Gasteiger partial charge in [-0.15, -0.1) is 0 Å². The van der Waals surface area contributed by atoms with Gasteiger partial charge in [0.1, 0.15) is 0 Å². The molecule has 25 heavy (non-hydrogen) atoms. The second-order valence-corrected chi connectivity index (χ2v) is 6.17. The first kappa shape index (κ1) is 17.0. The molecule has 0 radical (unpaired) electrons. The normalized spacial score (nSPS) is 20.4. The van der Waals surface area contributed by atoms with Crippen molar-refractivity contribution >= 4 is 23.1 Å². The van der Waals surface area contributed by atoms with Gasteiger partial charge in [-0.1, -0.05) is 0 Å². The standard InChI is InChI=1S/C16H19FN6O2/c1-10-8-22(9-11(2)19-10)16-18-7-14(17)15(21-16)20-12-3-5-13(6-4-12)23(24)25/h3-7,10-11,19H,8-9H2,1-2H3,(H,18,20,21)/t10-,11+. The summed E-state index contributed by atoms with van der Waals surface area (Å²) < 4.78 is 14.1. The van der Waals surface area contributed by atoms with Gasteiger partial charge in [-0.05, 0) is 26.0 Å². The molecule has 1 aliphatic heterocycles. The van der Waals surface area contributed by atoms with Crippen LogP contribution in [0.15, 0.2) is 30.5 Å². The Balaban J connectivity index is 1.80. The highest BCUT2D eigenvalue weighted by molar-refractivity contribution is 5.59. The molecule has 0 bridgehead atoms. The monoisotopic (exact) mass is 346 g/mol. The third-order valence-electron chi connectivity index (χ3n) is 3.91. The quantitative estimate of drug-likeness (QED) is 0.648. The smallest absolute Gasteiger partial charge is 0.269 e. The fourth-order valence-corrected chi connectivity index (χ4v) is 2.89. The van der Waals surface area contributed by atoms with E-state index in [2.05, 4.69) is 34.4 Å². The Kier molecular flexibility index (Phi) is 4.75. The maximum atomic E-state index is 14.1. The van der Waals surface area contributed by atoms with Crippen molar-refractivity contribution in [1.29, 1.82) is 0 Å². The Morgan fingerprint density at radius 3 is 2.52 bits per heavy atom. The minimum Gasteiger partial charge on any atom is -0.338 e. The molecule has 1 saturated heterocycles. The van der Waals surface area contributed by atoms with Crippen molar-refractivity contribution in [3.8, 4) is 0 Å². The summed E-state index contributed by atoms with van der Waals surface area (Å²) >= 11 is 0. The number of nitro groups is 1. The number of hydrogen-bond donors (Lipinski definition) is 2. The van der Waals surface area contributed by atoms with Gasteiger partial charge in [-0.2, -0.15) is 4.98 Å². The van der Waals surface area contributed by atoms with Gasteiger partial charge < -0.3 is 15.5 Å². The van der Waals surface area contributed by atoms with Crippen LogP contribution in [-0.4, -0.2) is 40.1 Å². The number of hydrogen-bond acceptors (Lipinski definition) is 7. The molecule has 2 N–H and O–H groups in total. The first-order valence-electron chi connectivity index (χ1n) is 7.97. The van der Waals surface area contributed by atoms with Gasteiger partial charge in [0.2, 0.25) is 5.95 Å². The Labute approximate surface area is 144 Å². The third-order valence-corrected chi connectivity index (χ3v) is 3.91. The number of nitrogens with one attached hydrogen (secondary N) is 2. The van der Waals surface area contributed by atoms with E-state index in [9.17, 15) is 14.5 Å². The number of benzene rings is 1. The molecule has 1 aliphatic rings. The fourth-order valence-electron chi connectivity index (χ4n) is 2.89. The molecule has 2 atom stereocenters. The average molecular weight is 346 g/mol. The van der Waals surface area contributed by atoms with Gasteiger partial charge in [0.15, 0.2) is 11.6 Å². The Morgan fingerprint density at radius 1 is 1.28 bits per heavy atom. The van der Waals surface area contributed by atoms with Crippen molar-refractivity contribution in [1.82, 2.24) is 15.3 Å². The molecule has 3 rings (SSSR count). The minimum atomic E-state index is -0.585. The number of nitro benzene ring substituents is 1. The maximum Gasteiger partial charge on any atom is 0.269 e. The molecule has 0 spiro atoms. The van der Waals surface area contributed by atoms with Gasteiger partial charge in [0, 0.05) is 43.0 Å². The second-order valence-electron chi connectivity index (χ2n) is 6.17. The summed E-state index contributed by atoms with van der Waals surface area (Å²) in [6.45, 7) is 5.60. The van der Waals surface area contributed by atoms with Crippen LogP contribution in [0, 0.1) is 15.9 Å². The van der Waals surface area contributed by atoms with Crippen LogP contribution in [0.5, 0.6) is 0 Å². The molecule has 1 aromatic heterocycles. The molecule has 1 fully saturated rings. The predicted molar refractivity (Wildman–Crippen MR) is 92.6 cm³/mol. The van der Waals surface area contributed by atoms with Gasteiger partial charge in [-0.25, -0.2) is 9.37 Å². The van der Waals surface area contributed by atoms with Gasteiger partial charge >= 0.3 is 0 Å². The Morgan fingerprint density at radius 2 is 1.92 bits per heavy atom. The number of piperazine rings is 1. The molecule has 8 nitrogen and oxygen atoms in total. The zero-order valence-electron chi connectivity index (χ0n) is 13.9. The molecule has 0 unspecified atom stereocenters. The third kappa shape index (κ3) is 4.00. The highest BCUT2D eigenvalue weighted by Crippen LogP contribution is 2.23. The van der Waals surface area contributed by atoms with E-state index in [1.807, 2.05) is 4.90 Å². The average Bonchev–Trinajstić information content (AvgIpc) is 2.56. The van der Waals surface area contributed by atoms with Crippen LogP contribution < -0.4 is 15.5 Å². The molecule has 0 amide bonds. The Bertz CT molecular complexity index is 760. The zero-order valence-corrected chi connectivity index (χ0v) is 13.9. The van der Waals surface area contributed by atoms with E-state index in [4.69, 9.17) is 0 Å². The van der Waals surface area contributed by atoms with Gasteiger partial charge in [-0.3, -0.25) is 10.1 Å². The van der Waals surface area contributed by atoms with Crippen LogP contribution in [0.4, 0.5) is 27.5 Å². The van der Waals surface area contributed by atoms with Crippen LogP contribution in [0.1, 0.15) is 13.8 Å². The summed E-state index contributed by atoms with van der Waals surface area (Å²) in [4.78, 5) is 20.6. The lowest BCUT2D eigenvalue weighted by Gasteiger charge is -2.36. The van der Waals surface area contributed by atoms with E-state index in [-0.39, 0.29) is 23.6 Å². The van der Waals surface area contributed by atoms with Crippen LogP contribution in [0.3, 0.4) is 0 Å². The van der Waals surface area contributed by atoms with Crippen molar-refractivity contribution in [3.05, 3.63) is 46.4 Å². The first-order chi connectivity index (χ1) is 11.9. The number of nitrogens with zero attached hydrogens (tertiary/aromatic N) is 4. The predicted octanol–water partition coefficient (Wildman–Crippen LogP) is 2.45. The molecule has 0 aliphatic carbocycles. The largest absolute Gasteiger partial charge is 0.338 e. The van der Waals surface area contributed by atoms with E-state index < -0.39 is 10.7 Å². The SMILES string of the molecule is C[C@@H]1CN(c2ncc(F)c(Nc3ccc([N+](=O)[O-])cc3)n2)C[C@H](C)N1. The lowest BCUT2D eigenvalue weighted by molar-refractivity contribution is -0.384. The Hall–Kier alpha value is -2.81. The van der Waals surface area contributed by atoms with Crippen LogP contribution >= 0.6 is 0 Å². The van der Waals surface area contributed by atoms with E-state index in [0.717, 1.165) is 19.3 Å². The number of rotatable bonds is 4. The fraction of sp³-hybridized carbons (Fsp3) is 0.375. The van der Waals surface area contributed by atoms with Crippen LogP contribution in [0.25, 0.3) is 0 Å². The number of halogens is 1. The second kappa shape index (κ2) is 6.98. The van der Waals surface area contributed by atoms with Crippen molar-refractivity contribution in [2.24, 2.45) is 0 Å². The van der Waals surface area contributed by atoms with Crippen molar-refractivity contribution < 1.29 is 9.31 Å². The van der Waals surface area contributed by atoms with Gasteiger partial charge in [0.05, 0.1) is 11.1 Å². The summed E-state index contributed by atoms with van der Waals surface area (Å²) in [5, 5.41) is 17.0. The molecule has 9 heteroatoms. The molecule has 2 heterocycles. The van der Waals surface area contributed by atoms with E-state index in [0.29, 0.717) is 11.6 Å². The molecule has 0 saturated carbocycles. The number of anilines is 3.